The number of rotatable bonds is 2. The number of nitrogen functional groups attached to an aromatic ring is 1. The van der Waals surface area contributed by atoms with E-state index >= 15 is 0 Å². The third-order valence-electron chi connectivity index (χ3n) is 2.00. The molecule has 1 heterocycles. The van der Waals surface area contributed by atoms with Crippen LogP contribution < -0.4 is 11.1 Å². The van der Waals surface area contributed by atoms with Crippen LogP contribution in [0.3, 0.4) is 0 Å². The van der Waals surface area contributed by atoms with Gasteiger partial charge in [0.05, 0.1) is 0 Å². The molecule has 0 aromatic carbocycles. The van der Waals surface area contributed by atoms with Crippen molar-refractivity contribution in [2.75, 3.05) is 11.1 Å². The summed E-state index contributed by atoms with van der Waals surface area (Å²) in [6, 6.07) is 0.251. The van der Waals surface area contributed by atoms with E-state index in [0.717, 1.165) is 0 Å². The van der Waals surface area contributed by atoms with E-state index < -0.39 is 0 Å². The molecule has 0 aliphatic heterocycles. The van der Waals surface area contributed by atoms with Gasteiger partial charge in [-0.1, -0.05) is 32.4 Å². The fourth-order valence-corrected chi connectivity index (χ4v) is 1.33. The van der Waals surface area contributed by atoms with Gasteiger partial charge in [-0.2, -0.15) is 0 Å². The highest BCUT2D eigenvalue weighted by molar-refractivity contribution is 6.32. The molecule has 0 atom stereocenters. The first-order chi connectivity index (χ1) is 7.21. The van der Waals surface area contributed by atoms with Crippen molar-refractivity contribution in [3.8, 4) is 0 Å². The van der Waals surface area contributed by atoms with E-state index in [1.165, 1.54) is 0 Å². The molecular formula is C11H19ClN4. The van der Waals surface area contributed by atoms with Crippen molar-refractivity contribution >= 4 is 23.1 Å². The first kappa shape index (κ1) is 13.0. The van der Waals surface area contributed by atoms with Crippen LogP contribution in [0.4, 0.5) is 11.5 Å². The lowest BCUT2D eigenvalue weighted by Gasteiger charge is -2.20. The lowest BCUT2D eigenvalue weighted by atomic mass is 9.96. The lowest BCUT2D eigenvalue weighted by Crippen LogP contribution is -2.20. The summed E-state index contributed by atoms with van der Waals surface area (Å²) in [7, 11) is 0. The number of nitrogens with zero attached hydrogens (tertiary/aromatic N) is 2. The van der Waals surface area contributed by atoms with Crippen molar-refractivity contribution < 1.29 is 0 Å². The summed E-state index contributed by atoms with van der Waals surface area (Å²) in [6.45, 7) is 10.1. The van der Waals surface area contributed by atoms with Gasteiger partial charge in [-0.05, 0) is 13.8 Å². The van der Waals surface area contributed by atoms with E-state index in [1.54, 1.807) is 0 Å². The molecule has 0 saturated heterocycles. The highest BCUT2D eigenvalue weighted by Crippen LogP contribution is 2.28. The van der Waals surface area contributed by atoms with Gasteiger partial charge in [-0.15, -0.1) is 0 Å². The molecule has 0 saturated carbocycles. The van der Waals surface area contributed by atoms with Crippen LogP contribution in [-0.2, 0) is 5.41 Å². The summed E-state index contributed by atoms with van der Waals surface area (Å²) in [4.78, 5) is 8.61. The summed E-state index contributed by atoms with van der Waals surface area (Å²) in [6.07, 6.45) is 0. The molecule has 5 heteroatoms. The van der Waals surface area contributed by atoms with E-state index in [-0.39, 0.29) is 11.5 Å². The van der Waals surface area contributed by atoms with Crippen molar-refractivity contribution in [2.24, 2.45) is 0 Å². The van der Waals surface area contributed by atoms with E-state index in [4.69, 9.17) is 17.3 Å². The SMILES string of the molecule is CC(C)Nc1nc(C(C)(C)C)nc(Cl)c1N. The van der Waals surface area contributed by atoms with Crippen molar-refractivity contribution in [1.29, 1.82) is 0 Å². The van der Waals surface area contributed by atoms with Crippen LogP contribution in [0.1, 0.15) is 40.4 Å². The second-order valence-electron chi connectivity index (χ2n) is 5.15. The molecule has 1 aromatic heterocycles. The first-order valence-corrected chi connectivity index (χ1v) is 5.69. The fourth-order valence-electron chi connectivity index (χ4n) is 1.16. The topological polar surface area (TPSA) is 63.8 Å². The molecule has 0 amide bonds. The predicted octanol–water partition coefficient (Wildman–Crippen LogP) is 2.83. The average molecular weight is 243 g/mol. The zero-order valence-corrected chi connectivity index (χ0v) is 11.2. The predicted molar refractivity (Wildman–Crippen MR) is 68.9 cm³/mol. The maximum absolute atomic E-state index is 5.99. The summed E-state index contributed by atoms with van der Waals surface area (Å²) < 4.78 is 0. The van der Waals surface area contributed by atoms with Crippen LogP contribution in [0.25, 0.3) is 0 Å². The molecule has 0 unspecified atom stereocenters. The Kier molecular flexibility index (Phi) is 3.63. The van der Waals surface area contributed by atoms with E-state index in [1.807, 2.05) is 34.6 Å². The molecule has 0 spiro atoms. The lowest BCUT2D eigenvalue weighted by molar-refractivity contribution is 0.546. The Bertz CT molecular complexity index is 382. The number of nitrogens with one attached hydrogen (secondary N) is 1. The van der Waals surface area contributed by atoms with E-state index in [9.17, 15) is 0 Å². The zero-order chi connectivity index (χ0) is 12.5. The van der Waals surface area contributed by atoms with Crippen LogP contribution in [0.5, 0.6) is 0 Å². The summed E-state index contributed by atoms with van der Waals surface area (Å²) in [5, 5.41) is 3.47. The number of nitrogens with two attached hydrogens (primary N) is 1. The van der Waals surface area contributed by atoms with Crippen molar-refractivity contribution in [3.63, 3.8) is 0 Å². The summed E-state index contributed by atoms with van der Waals surface area (Å²) in [5.41, 5.74) is 6.08. The molecule has 0 aliphatic carbocycles. The maximum Gasteiger partial charge on any atom is 0.157 e. The molecule has 0 aliphatic rings. The molecule has 16 heavy (non-hydrogen) atoms. The fraction of sp³-hybridized carbons (Fsp3) is 0.636. The van der Waals surface area contributed by atoms with Crippen molar-refractivity contribution in [2.45, 2.75) is 46.1 Å². The molecule has 0 radical (unpaired) electrons. The van der Waals surface area contributed by atoms with Crippen molar-refractivity contribution in [1.82, 2.24) is 9.97 Å². The number of hydrogen-bond acceptors (Lipinski definition) is 4. The Hall–Kier alpha value is -1.03. The van der Waals surface area contributed by atoms with Crippen LogP contribution in [0.2, 0.25) is 5.15 Å². The van der Waals surface area contributed by atoms with Crippen molar-refractivity contribution in [3.05, 3.63) is 11.0 Å². The number of hydrogen-bond donors (Lipinski definition) is 2. The minimum atomic E-state index is -0.148. The van der Waals surface area contributed by atoms with Gasteiger partial charge in [-0.3, -0.25) is 0 Å². The Morgan fingerprint density at radius 3 is 2.25 bits per heavy atom. The number of halogens is 1. The van der Waals surface area contributed by atoms with Gasteiger partial charge in [0.25, 0.3) is 0 Å². The molecule has 90 valence electrons. The Morgan fingerprint density at radius 2 is 1.81 bits per heavy atom. The van der Waals surface area contributed by atoms with Gasteiger partial charge in [0.2, 0.25) is 0 Å². The van der Waals surface area contributed by atoms with E-state index in [0.29, 0.717) is 22.5 Å². The second-order valence-corrected chi connectivity index (χ2v) is 5.51. The molecule has 3 N–H and O–H groups in total. The second kappa shape index (κ2) is 4.45. The van der Waals surface area contributed by atoms with Crippen LogP contribution in [0.15, 0.2) is 0 Å². The molecule has 1 rings (SSSR count). The standard InChI is InChI=1S/C11H19ClN4/c1-6(2)14-9-7(13)8(12)15-10(16-9)11(3,4)5/h6H,13H2,1-5H3,(H,14,15,16). The quantitative estimate of drug-likeness (QED) is 0.783. The highest BCUT2D eigenvalue weighted by atomic mass is 35.5. The van der Waals surface area contributed by atoms with Gasteiger partial charge in [0, 0.05) is 11.5 Å². The molecule has 4 nitrogen and oxygen atoms in total. The van der Waals surface area contributed by atoms with Gasteiger partial charge in [0.1, 0.15) is 11.5 Å². The minimum absolute atomic E-state index is 0.148. The van der Waals surface area contributed by atoms with Crippen LogP contribution in [-0.4, -0.2) is 16.0 Å². The highest BCUT2D eigenvalue weighted by Gasteiger charge is 2.21. The van der Waals surface area contributed by atoms with Gasteiger partial charge in [0.15, 0.2) is 11.0 Å². The van der Waals surface area contributed by atoms with Gasteiger partial charge >= 0.3 is 0 Å². The third-order valence-corrected chi connectivity index (χ3v) is 2.28. The monoisotopic (exact) mass is 242 g/mol. The third kappa shape index (κ3) is 2.98. The minimum Gasteiger partial charge on any atom is -0.393 e. The Labute approximate surface area is 102 Å². The Balaban J connectivity index is 3.22. The summed E-state index contributed by atoms with van der Waals surface area (Å²) >= 11 is 5.99. The summed E-state index contributed by atoms with van der Waals surface area (Å²) in [5.74, 6) is 1.30. The Morgan fingerprint density at radius 1 is 1.25 bits per heavy atom. The van der Waals surface area contributed by atoms with Gasteiger partial charge in [-0.25, -0.2) is 9.97 Å². The van der Waals surface area contributed by atoms with Crippen LogP contribution in [0, 0.1) is 0 Å². The maximum atomic E-state index is 5.99. The average Bonchev–Trinajstić information content (AvgIpc) is 2.10. The smallest absolute Gasteiger partial charge is 0.157 e. The molecular weight excluding hydrogens is 224 g/mol. The number of aromatic nitrogens is 2. The molecule has 1 aromatic rings. The molecule has 0 fully saturated rings. The largest absolute Gasteiger partial charge is 0.393 e. The van der Waals surface area contributed by atoms with Gasteiger partial charge < -0.3 is 11.1 Å². The van der Waals surface area contributed by atoms with Crippen LogP contribution >= 0.6 is 11.6 Å². The first-order valence-electron chi connectivity index (χ1n) is 5.32. The molecule has 0 bridgehead atoms. The van der Waals surface area contributed by atoms with E-state index in [2.05, 4.69) is 15.3 Å². The zero-order valence-electron chi connectivity index (χ0n) is 10.4. The number of anilines is 2. The normalized spacial score (nSPS) is 11.9.